The highest BCUT2D eigenvalue weighted by Gasteiger charge is 2.24. The van der Waals surface area contributed by atoms with E-state index in [0.29, 0.717) is 5.92 Å². The summed E-state index contributed by atoms with van der Waals surface area (Å²) in [6, 6.07) is 2.03. The Labute approximate surface area is 108 Å². The lowest BCUT2D eigenvalue weighted by atomic mass is 10.1. The van der Waals surface area contributed by atoms with Crippen LogP contribution in [-0.2, 0) is 13.1 Å². The largest absolute Gasteiger partial charge is 0.391 e. The number of aliphatic hydroxyl groups is 1. The second kappa shape index (κ2) is 6.96. The van der Waals surface area contributed by atoms with E-state index in [4.69, 9.17) is 0 Å². The number of aliphatic hydroxyl groups excluding tert-OH is 1. The van der Waals surface area contributed by atoms with Crippen LogP contribution in [0.25, 0.3) is 0 Å². The first-order chi connectivity index (χ1) is 7.81. The predicted molar refractivity (Wildman–Crippen MR) is 69.2 cm³/mol. The van der Waals surface area contributed by atoms with Crippen LogP contribution >= 0.6 is 12.4 Å². The molecular formula is C11H21ClN4O. The van der Waals surface area contributed by atoms with Crippen molar-refractivity contribution < 1.29 is 5.11 Å². The van der Waals surface area contributed by atoms with Gasteiger partial charge in [0.25, 0.3) is 0 Å². The lowest BCUT2D eigenvalue weighted by Gasteiger charge is -2.14. The molecule has 1 aromatic heterocycles. The van der Waals surface area contributed by atoms with Gasteiger partial charge in [0, 0.05) is 44.8 Å². The third-order valence-electron chi connectivity index (χ3n) is 3.12. The minimum Gasteiger partial charge on any atom is -0.391 e. The summed E-state index contributed by atoms with van der Waals surface area (Å²) in [6.45, 7) is 6.28. The fourth-order valence-electron chi connectivity index (χ4n) is 2.11. The van der Waals surface area contributed by atoms with E-state index in [1.807, 2.05) is 16.9 Å². The van der Waals surface area contributed by atoms with Crippen LogP contribution in [0.15, 0.2) is 12.3 Å². The van der Waals surface area contributed by atoms with E-state index < -0.39 is 0 Å². The summed E-state index contributed by atoms with van der Waals surface area (Å²) >= 11 is 0. The minimum absolute atomic E-state index is 0. The van der Waals surface area contributed by atoms with Gasteiger partial charge in [0.2, 0.25) is 0 Å². The average Bonchev–Trinajstić information content (AvgIpc) is 2.88. The van der Waals surface area contributed by atoms with Crippen LogP contribution in [0.2, 0.25) is 0 Å². The van der Waals surface area contributed by atoms with Gasteiger partial charge in [0.15, 0.2) is 0 Å². The van der Waals surface area contributed by atoms with Crippen LogP contribution in [0.1, 0.15) is 12.6 Å². The van der Waals surface area contributed by atoms with Gasteiger partial charge >= 0.3 is 0 Å². The van der Waals surface area contributed by atoms with E-state index in [9.17, 15) is 5.11 Å². The maximum Gasteiger partial charge on any atom is 0.0716 e. The molecular weight excluding hydrogens is 240 g/mol. The van der Waals surface area contributed by atoms with Crippen molar-refractivity contribution in [3.05, 3.63) is 18.0 Å². The lowest BCUT2D eigenvalue weighted by molar-refractivity contribution is 0.146. The van der Waals surface area contributed by atoms with E-state index in [1.54, 1.807) is 0 Å². The summed E-state index contributed by atoms with van der Waals surface area (Å²) in [5, 5.41) is 20.4. The van der Waals surface area contributed by atoms with Crippen molar-refractivity contribution in [1.82, 2.24) is 20.4 Å². The molecule has 0 bridgehead atoms. The third-order valence-corrected chi connectivity index (χ3v) is 3.12. The lowest BCUT2D eigenvalue weighted by Crippen LogP contribution is -2.30. The Hall–Kier alpha value is -0.620. The van der Waals surface area contributed by atoms with Gasteiger partial charge in [-0.2, -0.15) is 5.10 Å². The molecule has 1 aromatic rings. The molecule has 98 valence electrons. The smallest absolute Gasteiger partial charge is 0.0716 e. The molecule has 0 amide bonds. The first-order valence-electron chi connectivity index (χ1n) is 5.91. The maximum absolute atomic E-state index is 9.63. The van der Waals surface area contributed by atoms with Gasteiger partial charge in [-0.25, -0.2) is 0 Å². The molecule has 0 aromatic carbocycles. The van der Waals surface area contributed by atoms with E-state index >= 15 is 0 Å². The molecule has 1 aliphatic rings. The number of halogens is 1. The molecule has 1 saturated heterocycles. The van der Waals surface area contributed by atoms with Gasteiger partial charge in [0.05, 0.1) is 11.8 Å². The Morgan fingerprint density at radius 3 is 3.06 bits per heavy atom. The Kier molecular flexibility index (Phi) is 5.91. The van der Waals surface area contributed by atoms with Gasteiger partial charge < -0.3 is 15.7 Å². The second-order valence-electron chi connectivity index (χ2n) is 4.25. The number of aryl methyl sites for hydroxylation is 1. The van der Waals surface area contributed by atoms with Gasteiger partial charge in [-0.15, -0.1) is 12.4 Å². The fraction of sp³-hybridized carbons (Fsp3) is 0.727. The molecule has 2 rings (SSSR count). The number of rotatable bonds is 5. The van der Waals surface area contributed by atoms with E-state index in [-0.39, 0.29) is 18.5 Å². The first-order valence-corrected chi connectivity index (χ1v) is 5.91. The summed E-state index contributed by atoms with van der Waals surface area (Å²) in [6.07, 6.45) is 1.62. The Morgan fingerprint density at radius 2 is 2.41 bits per heavy atom. The highest BCUT2D eigenvalue weighted by atomic mass is 35.5. The van der Waals surface area contributed by atoms with Crippen LogP contribution in [0, 0.1) is 5.92 Å². The van der Waals surface area contributed by atoms with Gasteiger partial charge in [-0.3, -0.25) is 4.68 Å². The van der Waals surface area contributed by atoms with Gasteiger partial charge in [-0.1, -0.05) is 0 Å². The summed E-state index contributed by atoms with van der Waals surface area (Å²) in [5.41, 5.74) is 1.20. The zero-order chi connectivity index (χ0) is 11.4. The standard InChI is InChI=1S/C11H20N4O.ClH/c1-2-15-10(3-4-14-15)7-12-5-9-6-13-8-11(9)16;/h3-4,9,11-13,16H,2,5-8H2,1H3;1H. The van der Waals surface area contributed by atoms with Crippen molar-refractivity contribution in [2.75, 3.05) is 19.6 Å². The molecule has 0 saturated carbocycles. The molecule has 1 fully saturated rings. The average molecular weight is 261 g/mol. The van der Waals surface area contributed by atoms with E-state index in [2.05, 4.69) is 22.7 Å². The quantitative estimate of drug-likeness (QED) is 0.697. The van der Waals surface area contributed by atoms with Crippen molar-refractivity contribution in [2.45, 2.75) is 26.1 Å². The van der Waals surface area contributed by atoms with E-state index in [1.165, 1.54) is 5.69 Å². The normalized spacial score (nSPS) is 23.6. The van der Waals surface area contributed by atoms with E-state index in [0.717, 1.165) is 32.7 Å². The molecule has 0 aliphatic carbocycles. The Morgan fingerprint density at radius 1 is 1.59 bits per heavy atom. The second-order valence-corrected chi connectivity index (χ2v) is 4.25. The highest BCUT2D eigenvalue weighted by molar-refractivity contribution is 5.85. The molecule has 5 nitrogen and oxygen atoms in total. The first kappa shape index (κ1) is 14.4. The Balaban J connectivity index is 0.00000144. The molecule has 1 aliphatic heterocycles. The molecule has 0 spiro atoms. The van der Waals surface area contributed by atoms with Crippen molar-refractivity contribution >= 4 is 12.4 Å². The number of hydrogen-bond donors (Lipinski definition) is 3. The summed E-state index contributed by atoms with van der Waals surface area (Å²) in [7, 11) is 0. The molecule has 0 radical (unpaired) electrons. The van der Waals surface area contributed by atoms with Crippen molar-refractivity contribution in [3.63, 3.8) is 0 Å². The fourth-order valence-corrected chi connectivity index (χ4v) is 2.11. The molecule has 2 unspecified atom stereocenters. The Bertz CT molecular complexity index is 331. The van der Waals surface area contributed by atoms with Crippen LogP contribution in [0.4, 0.5) is 0 Å². The number of hydrogen-bond acceptors (Lipinski definition) is 4. The van der Waals surface area contributed by atoms with Gasteiger partial charge in [-0.05, 0) is 13.0 Å². The van der Waals surface area contributed by atoms with Crippen molar-refractivity contribution in [1.29, 1.82) is 0 Å². The molecule has 6 heteroatoms. The maximum atomic E-state index is 9.63. The summed E-state index contributed by atoms with van der Waals surface area (Å²) < 4.78 is 1.98. The topological polar surface area (TPSA) is 62.1 Å². The predicted octanol–water partition coefficient (Wildman–Crippen LogP) is -0.00530. The molecule has 17 heavy (non-hydrogen) atoms. The SMILES string of the molecule is CCn1nccc1CNCC1CNCC1O.Cl. The summed E-state index contributed by atoms with van der Waals surface area (Å²) in [4.78, 5) is 0. The number of nitrogens with zero attached hydrogens (tertiary/aromatic N) is 2. The highest BCUT2D eigenvalue weighted by Crippen LogP contribution is 2.07. The molecule has 3 N–H and O–H groups in total. The van der Waals surface area contributed by atoms with Crippen LogP contribution in [-0.4, -0.2) is 40.6 Å². The monoisotopic (exact) mass is 260 g/mol. The third kappa shape index (κ3) is 3.67. The molecule has 2 atom stereocenters. The van der Waals surface area contributed by atoms with Crippen molar-refractivity contribution in [3.8, 4) is 0 Å². The number of aromatic nitrogens is 2. The zero-order valence-corrected chi connectivity index (χ0v) is 10.9. The number of β-amino-alcohol motifs (C(OH)–C–C–N with tert-alkyl or cyclic N) is 1. The van der Waals surface area contributed by atoms with Crippen LogP contribution in [0.3, 0.4) is 0 Å². The zero-order valence-electron chi connectivity index (χ0n) is 10.1. The van der Waals surface area contributed by atoms with Gasteiger partial charge in [0.1, 0.15) is 0 Å². The minimum atomic E-state index is -0.205. The number of nitrogens with one attached hydrogen (secondary N) is 2. The van der Waals surface area contributed by atoms with Crippen molar-refractivity contribution in [2.24, 2.45) is 5.92 Å². The summed E-state index contributed by atoms with van der Waals surface area (Å²) in [5.74, 6) is 0.331. The van der Waals surface area contributed by atoms with Crippen LogP contribution in [0.5, 0.6) is 0 Å². The van der Waals surface area contributed by atoms with Crippen LogP contribution < -0.4 is 10.6 Å². The molecule has 2 heterocycles.